The van der Waals surface area contributed by atoms with Crippen LogP contribution in [0.2, 0.25) is 0 Å². The highest BCUT2D eigenvalue weighted by atomic mass is 16.5. The molecule has 1 atom stereocenters. The van der Waals surface area contributed by atoms with Crippen LogP contribution in [0, 0.1) is 5.92 Å². The van der Waals surface area contributed by atoms with E-state index in [-0.39, 0.29) is 6.10 Å². The monoisotopic (exact) mass is 174 g/mol. The smallest absolute Gasteiger partial charge is 0.423 e. The van der Waals surface area contributed by atoms with Gasteiger partial charge in [-0.1, -0.05) is 24.3 Å². The summed E-state index contributed by atoms with van der Waals surface area (Å²) in [6.07, 6.45) is 2.64. The molecule has 1 aromatic carbocycles. The van der Waals surface area contributed by atoms with Gasteiger partial charge in [-0.3, -0.25) is 0 Å². The van der Waals surface area contributed by atoms with Crippen LogP contribution >= 0.6 is 0 Å². The molecule has 1 saturated carbocycles. The van der Waals surface area contributed by atoms with Gasteiger partial charge in [-0.05, 0) is 29.8 Å². The Morgan fingerprint density at radius 2 is 2.08 bits per heavy atom. The maximum atomic E-state index is 9.61. The van der Waals surface area contributed by atoms with Gasteiger partial charge >= 0.3 is 7.12 Å². The van der Waals surface area contributed by atoms with E-state index in [0.29, 0.717) is 5.92 Å². The Morgan fingerprint density at radius 1 is 1.31 bits per heavy atom. The molecule has 0 aromatic heterocycles. The first-order valence-electron chi connectivity index (χ1n) is 4.78. The van der Waals surface area contributed by atoms with Crippen LogP contribution < -0.4 is 5.46 Å². The van der Waals surface area contributed by atoms with Crippen LogP contribution in [0.1, 0.15) is 24.5 Å². The van der Waals surface area contributed by atoms with Gasteiger partial charge in [-0.15, -0.1) is 0 Å². The Kier molecular flexibility index (Phi) is 1.52. The van der Waals surface area contributed by atoms with Crippen molar-refractivity contribution in [3.05, 3.63) is 29.8 Å². The Labute approximate surface area is 77.7 Å². The van der Waals surface area contributed by atoms with Gasteiger partial charge in [-0.2, -0.15) is 0 Å². The highest BCUT2D eigenvalue weighted by Gasteiger charge is 2.42. The van der Waals surface area contributed by atoms with E-state index in [2.05, 4.69) is 6.07 Å². The molecule has 1 N–H and O–H groups in total. The first-order chi connectivity index (χ1) is 6.36. The molecule has 0 saturated heterocycles. The van der Waals surface area contributed by atoms with Crippen LogP contribution in [0.4, 0.5) is 0 Å². The van der Waals surface area contributed by atoms with Gasteiger partial charge in [0.25, 0.3) is 0 Å². The number of fused-ring (bicyclic) bond motifs is 1. The second kappa shape index (κ2) is 2.60. The summed E-state index contributed by atoms with van der Waals surface area (Å²) in [5, 5.41) is 9.61. The molecule has 0 radical (unpaired) electrons. The van der Waals surface area contributed by atoms with Gasteiger partial charge in [0.2, 0.25) is 0 Å². The van der Waals surface area contributed by atoms with E-state index < -0.39 is 7.12 Å². The minimum Gasteiger partial charge on any atom is -0.423 e. The maximum Gasteiger partial charge on any atom is 0.491 e. The Morgan fingerprint density at radius 3 is 2.85 bits per heavy atom. The van der Waals surface area contributed by atoms with Crippen molar-refractivity contribution in [2.75, 3.05) is 0 Å². The van der Waals surface area contributed by atoms with E-state index in [0.717, 1.165) is 5.46 Å². The summed E-state index contributed by atoms with van der Waals surface area (Å²) in [6.45, 7) is 0. The molecule has 0 bridgehead atoms. The third-order valence-corrected chi connectivity index (χ3v) is 2.89. The molecule has 1 aromatic rings. The van der Waals surface area contributed by atoms with Crippen LogP contribution in [0.25, 0.3) is 0 Å². The molecule has 3 heteroatoms. The molecule has 2 aliphatic rings. The molecule has 0 amide bonds. The van der Waals surface area contributed by atoms with Crippen molar-refractivity contribution in [2.24, 2.45) is 5.92 Å². The Bertz CT molecular complexity index is 335. The van der Waals surface area contributed by atoms with Crippen molar-refractivity contribution in [1.29, 1.82) is 0 Å². The van der Waals surface area contributed by atoms with E-state index in [1.807, 2.05) is 18.2 Å². The van der Waals surface area contributed by atoms with E-state index >= 15 is 0 Å². The van der Waals surface area contributed by atoms with Crippen molar-refractivity contribution in [3.63, 3.8) is 0 Å². The zero-order chi connectivity index (χ0) is 8.84. The third kappa shape index (κ3) is 1.11. The van der Waals surface area contributed by atoms with Crippen LogP contribution in [0.5, 0.6) is 0 Å². The average Bonchev–Trinajstić information content (AvgIpc) is 2.94. The molecule has 0 spiro atoms. The zero-order valence-electron chi connectivity index (χ0n) is 7.31. The second-order valence-electron chi connectivity index (χ2n) is 3.88. The highest BCUT2D eigenvalue weighted by molar-refractivity contribution is 6.61. The van der Waals surface area contributed by atoms with Gasteiger partial charge in [-0.25, -0.2) is 0 Å². The van der Waals surface area contributed by atoms with Gasteiger partial charge in [0.05, 0.1) is 6.10 Å². The maximum absolute atomic E-state index is 9.61. The quantitative estimate of drug-likeness (QED) is 0.639. The first-order valence-corrected chi connectivity index (χ1v) is 4.78. The summed E-state index contributed by atoms with van der Waals surface area (Å²) in [6, 6.07) is 7.97. The summed E-state index contributed by atoms with van der Waals surface area (Å²) in [4.78, 5) is 0. The molecular formula is C10H11BO2. The Balaban J connectivity index is 2.03. The summed E-state index contributed by atoms with van der Waals surface area (Å²) in [7, 11) is -0.693. The van der Waals surface area contributed by atoms with E-state index in [1.165, 1.54) is 18.4 Å². The van der Waals surface area contributed by atoms with Crippen LogP contribution in [-0.2, 0) is 4.65 Å². The van der Waals surface area contributed by atoms with E-state index in [4.69, 9.17) is 4.65 Å². The van der Waals surface area contributed by atoms with Crippen LogP contribution in [-0.4, -0.2) is 12.1 Å². The number of hydrogen-bond donors (Lipinski definition) is 1. The first kappa shape index (κ1) is 7.59. The van der Waals surface area contributed by atoms with Gasteiger partial charge in [0.15, 0.2) is 0 Å². The fourth-order valence-electron chi connectivity index (χ4n) is 2.04. The minimum atomic E-state index is -0.693. The van der Waals surface area contributed by atoms with Gasteiger partial charge in [0, 0.05) is 0 Å². The lowest BCUT2D eigenvalue weighted by atomic mass is 9.79. The van der Waals surface area contributed by atoms with Crippen molar-refractivity contribution in [1.82, 2.24) is 0 Å². The highest BCUT2D eigenvalue weighted by Crippen LogP contribution is 2.44. The average molecular weight is 174 g/mol. The number of rotatable bonds is 1. The second-order valence-corrected chi connectivity index (χ2v) is 3.88. The lowest BCUT2D eigenvalue weighted by molar-refractivity contribution is 0.169. The molecule has 3 rings (SSSR count). The Hall–Kier alpha value is -0.795. The van der Waals surface area contributed by atoms with E-state index in [9.17, 15) is 5.02 Å². The third-order valence-electron chi connectivity index (χ3n) is 2.89. The van der Waals surface area contributed by atoms with Crippen LogP contribution in [0.15, 0.2) is 24.3 Å². The molecule has 66 valence electrons. The van der Waals surface area contributed by atoms with Crippen molar-refractivity contribution >= 4 is 12.6 Å². The SMILES string of the molecule is OB1OC(C2CC2)c2ccccc21. The predicted octanol–water partition coefficient (Wildman–Crippen LogP) is 0.855. The number of hydrogen-bond acceptors (Lipinski definition) is 2. The molecule has 1 aliphatic carbocycles. The minimum absolute atomic E-state index is 0.159. The molecular weight excluding hydrogens is 163 g/mol. The molecule has 2 nitrogen and oxygen atoms in total. The fraction of sp³-hybridized carbons (Fsp3) is 0.400. The normalized spacial score (nSPS) is 26.2. The lowest BCUT2D eigenvalue weighted by Gasteiger charge is -2.09. The van der Waals surface area contributed by atoms with Crippen molar-refractivity contribution in [2.45, 2.75) is 18.9 Å². The lowest BCUT2D eigenvalue weighted by Crippen LogP contribution is -2.27. The molecule has 1 heterocycles. The zero-order valence-corrected chi connectivity index (χ0v) is 7.31. The topological polar surface area (TPSA) is 29.5 Å². The summed E-state index contributed by atoms with van der Waals surface area (Å²) < 4.78 is 5.51. The largest absolute Gasteiger partial charge is 0.491 e. The molecule has 1 aliphatic heterocycles. The molecule has 1 unspecified atom stereocenters. The van der Waals surface area contributed by atoms with Crippen LogP contribution in [0.3, 0.4) is 0 Å². The standard InChI is InChI=1S/C10H11BO2/c12-11-9-4-2-1-3-8(9)10(13-11)7-5-6-7/h1-4,7,10,12H,5-6H2. The van der Waals surface area contributed by atoms with Gasteiger partial charge < -0.3 is 9.68 Å². The summed E-state index contributed by atoms with van der Waals surface area (Å²) in [5.41, 5.74) is 2.15. The predicted molar refractivity (Wildman–Crippen MR) is 50.6 cm³/mol. The van der Waals surface area contributed by atoms with Gasteiger partial charge in [0.1, 0.15) is 0 Å². The van der Waals surface area contributed by atoms with E-state index in [1.54, 1.807) is 0 Å². The summed E-state index contributed by atoms with van der Waals surface area (Å²) in [5.74, 6) is 0.651. The van der Waals surface area contributed by atoms with Crippen molar-refractivity contribution < 1.29 is 9.68 Å². The fourth-order valence-corrected chi connectivity index (χ4v) is 2.04. The molecule has 13 heavy (non-hydrogen) atoms. The summed E-state index contributed by atoms with van der Waals surface area (Å²) >= 11 is 0. The van der Waals surface area contributed by atoms with Crippen molar-refractivity contribution in [3.8, 4) is 0 Å². The molecule has 1 fully saturated rings. The number of benzene rings is 1.